The van der Waals surface area contributed by atoms with Crippen molar-refractivity contribution in [2.45, 2.75) is 37.4 Å². The summed E-state index contributed by atoms with van der Waals surface area (Å²) in [7, 11) is 0. The fourth-order valence-corrected chi connectivity index (χ4v) is 4.50. The minimum absolute atomic E-state index is 0.306. The van der Waals surface area contributed by atoms with Crippen LogP contribution in [0.25, 0.3) is 0 Å². The highest BCUT2D eigenvalue weighted by molar-refractivity contribution is 6.02. The molecule has 1 aromatic carbocycles. The molecule has 1 saturated carbocycles. The Balaban J connectivity index is 1.48. The number of guanidine groups is 1. The van der Waals surface area contributed by atoms with E-state index in [1.54, 1.807) is 6.07 Å². The first-order chi connectivity index (χ1) is 13.8. The van der Waals surface area contributed by atoms with Gasteiger partial charge in [0, 0.05) is 31.9 Å². The number of nitriles is 1. The molecule has 0 aromatic heterocycles. The summed E-state index contributed by atoms with van der Waals surface area (Å²) in [6, 6.07) is 7.45. The first-order valence-electron chi connectivity index (χ1n) is 9.80. The Hall–Kier alpha value is -2.76. The summed E-state index contributed by atoms with van der Waals surface area (Å²) in [5.74, 6) is -0.577. The first kappa shape index (κ1) is 19.6. The standard InChI is InChI=1S/C20H22F3N5O/c21-20(22,23)14-4-3-5-15(12-14)27-8-10-28(11-9-27)18-25-17(29)16(13-24)19(26-18)6-1-2-7-19/h3-5,12,16H,1-2,6-11H2,(H,25,26,29). The zero-order valence-corrected chi connectivity index (χ0v) is 15.9. The second-order valence-corrected chi connectivity index (χ2v) is 7.82. The minimum atomic E-state index is -4.37. The highest BCUT2D eigenvalue weighted by atomic mass is 19.4. The van der Waals surface area contributed by atoms with E-state index in [1.807, 2.05) is 9.80 Å². The Morgan fingerprint density at radius 2 is 1.79 bits per heavy atom. The van der Waals surface area contributed by atoms with Crippen molar-refractivity contribution in [3.8, 4) is 6.07 Å². The number of carbonyl (C=O) groups excluding carboxylic acids is 1. The molecule has 9 heteroatoms. The van der Waals surface area contributed by atoms with Gasteiger partial charge in [0.15, 0.2) is 5.92 Å². The molecule has 2 heterocycles. The van der Waals surface area contributed by atoms with E-state index < -0.39 is 23.2 Å². The number of carbonyl (C=O) groups is 1. The van der Waals surface area contributed by atoms with E-state index in [0.717, 1.165) is 31.7 Å². The predicted octanol–water partition coefficient (Wildman–Crippen LogP) is 2.77. The van der Waals surface area contributed by atoms with E-state index >= 15 is 0 Å². The van der Waals surface area contributed by atoms with Gasteiger partial charge in [-0.2, -0.15) is 18.4 Å². The lowest BCUT2D eigenvalue weighted by Gasteiger charge is -2.41. The van der Waals surface area contributed by atoms with E-state index in [9.17, 15) is 23.2 Å². The molecule has 4 rings (SSSR count). The number of benzene rings is 1. The van der Waals surface area contributed by atoms with Crippen molar-refractivity contribution >= 4 is 17.6 Å². The van der Waals surface area contributed by atoms with Crippen LogP contribution >= 0.6 is 0 Å². The molecule has 1 amide bonds. The fourth-order valence-electron chi connectivity index (χ4n) is 4.50. The lowest BCUT2D eigenvalue weighted by atomic mass is 9.82. The number of amides is 1. The molecule has 2 aliphatic heterocycles. The molecular weight excluding hydrogens is 383 g/mol. The van der Waals surface area contributed by atoms with Crippen molar-refractivity contribution in [2.75, 3.05) is 31.1 Å². The van der Waals surface area contributed by atoms with E-state index in [0.29, 0.717) is 37.8 Å². The Labute approximate surface area is 167 Å². The van der Waals surface area contributed by atoms with E-state index in [1.165, 1.54) is 12.1 Å². The summed E-state index contributed by atoms with van der Waals surface area (Å²) >= 11 is 0. The molecule has 1 unspecified atom stereocenters. The molecular formula is C20H22F3N5O. The maximum absolute atomic E-state index is 13.0. The average molecular weight is 405 g/mol. The molecule has 1 spiro atoms. The molecule has 3 aliphatic rings. The fraction of sp³-hybridized carbons (Fsp3) is 0.550. The predicted molar refractivity (Wildman–Crippen MR) is 101 cm³/mol. The quantitative estimate of drug-likeness (QED) is 0.780. The van der Waals surface area contributed by atoms with Crippen LogP contribution in [0.15, 0.2) is 29.3 Å². The Kier molecular flexibility index (Phi) is 4.89. The molecule has 154 valence electrons. The third kappa shape index (κ3) is 3.63. The number of alkyl halides is 3. The number of piperazine rings is 1. The van der Waals surface area contributed by atoms with Crippen molar-refractivity contribution in [3.63, 3.8) is 0 Å². The average Bonchev–Trinajstić information content (AvgIpc) is 3.16. The Morgan fingerprint density at radius 1 is 1.14 bits per heavy atom. The molecule has 0 radical (unpaired) electrons. The summed E-state index contributed by atoms with van der Waals surface area (Å²) in [5.41, 5.74) is -0.761. The Bertz CT molecular complexity index is 862. The van der Waals surface area contributed by atoms with Gasteiger partial charge in [-0.25, -0.2) is 4.99 Å². The number of aliphatic imine (C=N–C) groups is 1. The van der Waals surface area contributed by atoms with E-state index in [-0.39, 0.29) is 5.91 Å². The third-order valence-electron chi connectivity index (χ3n) is 6.08. The third-order valence-corrected chi connectivity index (χ3v) is 6.08. The van der Waals surface area contributed by atoms with Gasteiger partial charge in [-0.15, -0.1) is 0 Å². The van der Waals surface area contributed by atoms with Gasteiger partial charge in [0.05, 0.1) is 17.2 Å². The van der Waals surface area contributed by atoms with Gasteiger partial charge in [0.25, 0.3) is 0 Å². The molecule has 0 bridgehead atoms. The number of hydrogen-bond acceptors (Lipinski definition) is 5. The summed E-state index contributed by atoms with van der Waals surface area (Å²) in [6.07, 6.45) is -1.01. The van der Waals surface area contributed by atoms with Crippen molar-refractivity contribution in [3.05, 3.63) is 29.8 Å². The van der Waals surface area contributed by atoms with Crippen LogP contribution in [0, 0.1) is 17.2 Å². The lowest BCUT2D eigenvalue weighted by molar-refractivity contribution is -0.137. The van der Waals surface area contributed by atoms with Crippen LogP contribution in [-0.4, -0.2) is 48.5 Å². The molecule has 1 atom stereocenters. The van der Waals surface area contributed by atoms with Crippen LogP contribution in [0.5, 0.6) is 0 Å². The van der Waals surface area contributed by atoms with E-state index in [2.05, 4.69) is 11.4 Å². The smallest absolute Gasteiger partial charge is 0.368 e. The van der Waals surface area contributed by atoms with Crippen molar-refractivity contribution < 1.29 is 18.0 Å². The number of anilines is 1. The van der Waals surface area contributed by atoms with Crippen LogP contribution in [0.3, 0.4) is 0 Å². The van der Waals surface area contributed by atoms with Gasteiger partial charge < -0.3 is 9.80 Å². The number of rotatable bonds is 1. The number of nitrogens with zero attached hydrogens (tertiary/aromatic N) is 4. The highest BCUT2D eigenvalue weighted by Gasteiger charge is 2.49. The monoisotopic (exact) mass is 405 g/mol. The van der Waals surface area contributed by atoms with Crippen molar-refractivity contribution in [1.29, 1.82) is 5.26 Å². The highest BCUT2D eigenvalue weighted by Crippen LogP contribution is 2.41. The van der Waals surface area contributed by atoms with Gasteiger partial charge in [0.2, 0.25) is 11.9 Å². The summed E-state index contributed by atoms with van der Waals surface area (Å²) in [6.45, 7) is 2.10. The maximum Gasteiger partial charge on any atom is 0.416 e. The van der Waals surface area contributed by atoms with Crippen LogP contribution in [0.4, 0.5) is 18.9 Å². The largest absolute Gasteiger partial charge is 0.416 e. The normalized spacial score (nSPS) is 24.3. The second-order valence-electron chi connectivity index (χ2n) is 7.82. The summed E-state index contributed by atoms with van der Waals surface area (Å²) in [4.78, 5) is 21.2. The summed E-state index contributed by atoms with van der Waals surface area (Å²) < 4.78 is 38.9. The SMILES string of the molecule is N#CC1C(=O)NC(N2CCN(c3cccc(C(F)(F)F)c3)CC2)=NC12CCCC2. The Morgan fingerprint density at radius 3 is 2.41 bits per heavy atom. The zero-order valence-electron chi connectivity index (χ0n) is 15.9. The van der Waals surface area contributed by atoms with Crippen LogP contribution in [0.1, 0.15) is 31.2 Å². The molecule has 29 heavy (non-hydrogen) atoms. The lowest BCUT2D eigenvalue weighted by Crippen LogP contribution is -2.59. The van der Waals surface area contributed by atoms with Crippen LogP contribution < -0.4 is 10.2 Å². The van der Waals surface area contributed by atoms with Crippen LogP contribution in [-0.2, 0) is 11.0 Å². The van der Waals surface area contributed by atoms with Gasteiger partial charge in [-0.05, 0) is 31.0 Å². The van der Waals surface area contributed by atoms with Gasteiger partial charge in [-0.1, -0.05) is 18.9 Å². The summed E-state index contributed by atoms with van der Waals surface area (Å²) in [5, 5.41) is 12.2. The second kappa shape index (κ2) is 7.25. The first-order valence-corrected chi connectivity index (χ1v) is 9.80. The molecule has 1 N–H and O–H groups in total. The molecule has 1 saturated heterocycles. The van der Waals surface area contributed by atoms with Gasteiger partial charge in [0.1, 0.15) is 0 Å². The minimum Gasteiger partial charge on any atom is -0.368 e. The number of hydrogen-bond donors (Lipinski definition) is 1. The van der Waals surface area contributed by atoms with Gasteiger partial charge in [-0.3, -0.25) is 10.1 Å². The van der Waals surface area contributed by atoms with Crippen molar-refractivity contribution in [2.24, 2.45) is 10.9 Å². The van der Waals surface area contributed by atoms with Crippen LogP contribution in [0.2, 0.25) is 0 Å². The van der Waals surface area contributed by atoms with Gasteiger partial charge >= 0.3 is 6.18 Å². The topological polar surface area (TPSA) is 71.7 Å². The number of nitrogens with one attached hydrogen (secondary N) is 1. The number of halogens is 3. The zero-order chi connectivity index (χ0) is 20.6. The van der Waals surface area contributed by atoms with Crippen molar-refractivity contribution in [1.82, 2.24) is 10.2 Å². The molecule has 1 aliphatic carbocycles. The van der Waals surface area contributed by atoms with E-state index in [4.69, 9.17) is 4.99 Å². The molecule has 2 fully saturated rings. The molecule has 6 nitrogen and oxygen atoms in total. The molecule has 1 aromatic rings. The maximum atomic E-state index is 13.0.